The molecule has 0 unspecified atom stereocenters. The third-order valence-electron chi connectivity index (χ3n) is 13.5. The number of esters is 4. The van der Waals surface area contributed by atoms with Gasteiger partial charge in [0.15, 0.2) is 0 Å². The summed E-state index contributed by atoms with van der Waals surface area (Å²) in [6, 6.07) is 49.0. The molecule has 0 saturated heterocycles. The molecular formula is C62H38N6O10S5. The summed E-state index contributed by atoms with van der Waals surface area (Å²) in [5.74, 6) is -3.68. The number of carbonyl (C=O) groups is 4. The molecule has 0 N–H and O–H groups in total. The van der Waals surface area contributed by atoms with E-state index in [0.717, 1.165) is 34.0 Å². The Labute approximate surface area is 493 Å². The van der Waals surface area contributed by atoms with Crippen molar-refractivity contribution in [2.24, 2.45) is 9.98 Å². The summed E-state index contributed by atoms with van der Waals surface area (Å²) in [4.78, 5) is 76.6. The first kappa shape index (κ1) is 55.1. The smallest absolute Gasteiger partial charge is 0.333 e. The van der Waals surface area contributed by atoms with Crippen LogP contribution in [0.25, 0.3) is 39.0 Å². The molecule has 0 saturated carbocycles. The van der Waals surface area contributed by atoms with Crippen molar-refractivity contribution in [3.05, 3.63) is 190 Å². The molecule has 5 aromatic heterocycles. The van der Waals surface area contributed by atoms with Gasteiger partial charge in [-0.3, -0.25) is 19.2 Å². The van der Waals surface area contributed by atoms with Crippen molar-refractivity contribution in [1.82, 2.24) is 0 Å². The zero-order valence-electron chi connectivity index (χ0n) is 43.5. The molecule has 21 heteroatoms. The van der Waals surface area contributed by atoms with Crippen LogP contribution in [0.2, 0.25) is 0 Å². The molecule has 406 valence electrons. The van der Waals surface area contributed by atoms with Gasteiger partial charge in [0.25, 0.3) is 0 Å². The van der Waals surface area contributed by atoms with Crippen LogP contribution in [-0.4, -0.2) is 49.5 Å². The van der Waals surface area contributed by atoms with Gasteiger partial charge in [-0.15, -0.1) is 56.7 Å². The number of aliphatic imine (C=N–C) groups is 2. The van der Waals surface area contributed by atoms with Gasteiger partial charge in [-0.05, 0) is 34.4 Å². The molecule has 2 aliphatic carbocycles. The molecule has 9 aromatic rings. The zero-order valence-corrected chi connectivity index (χ0v) is 47.6. The Morgan fingerprint density at radius 3 is 0.988 bits per heavy atom. The maximum Gasteiger partial charge on any atom is 0.333 e. The van der Waals surface area contributed by atoms with Crippen molar-refractivity contribution in [1.29, 1.82) is 21.0 Å². The number of ether oxygens (including phenoxy) is 6. The van der Waals surface area contributed by atoms with E-state index in [1.54, 1.807) is 170 Å². The van der Waals surface area contributed by atoms with E-state index in [9.17, 15) is 21.0 Å². The van der Waals surface area contributed by atoms with Crippen LogP contribution < -0.4 is 9.47 Å². The molecular weight excluding hydrogens is 1150 g/mol. The van der Waals surface area contributed by atoms with Gasteiger partial charge in [0, 0.05) is 44.1 Å². The number of methoxy groups -OCH3 is 2. The molecule has 5 heterocycles. The van der Waals surface area contributed by atoms with E-state index in [4.69, 9.17) is 28.4 Å². The quantitative estimate of drug-likeness (QED) is 0.0336. The lowest BCUT2D eigenvalue weighted by molar-refractivity contribution is -0.167. The molecule has 0 fully saturated rings. The van der Waals surface area contributed by atoms with Crippen molar-refractivity contribution in [2.45, 2.75) is 37.3 Å². The third kappa shape index (κ3) is 9.82. The highest BCUT2D eigenvalue weighted by Gasteiger charge is 2.69. The Morgan fingerprint density at radius 1 is 0.410 bits per heavy atom. The van der Waals surface area contributed by atoms with E-state index in [2.05, 4.69) is 9.98 Å². The second-order valence-corrected chi connectivity index (χ2v) is 23.5. The fourth-order valence-corrected chi connectivity index (χ4v) is 16.2. The Bertz CT molecular complexity index is 3870. The Kier molecular flexibility index (Phi) is 15.5. The number of benzene rings is 4. The van der Waals surface area contributed by atoms with Crippen molar-refractivity contribution >= 4 is 102 Å². The summed E-state index contributed by atoms with van der Waals surface area (Å²) >= 11 is 5.74. The van der Waals surface area contributed by atoms with Crippen molar-refractivity contribution in [2.75, 3.05) is 14.2 Å². The molecule has 11 rings (SSSR count). The average molecular weight is 1190 g/mol. The Hall–Kier alpha value is -9.84. The summed E-state index contributed by atoms with van der Waals surface area (Å²) in [6.07, 6.45) is 0. The standard InChI is InChI=1S/C62H38N6O10S5/c1-73-43-25-47(67-39(27-63)28-64)81-53(43)45-23-41-51(79-45)55-49(61(41,57(69)75-31-35-15-7-3-8-16-35)58(70)76-32-36-17-9-4-10-18-36)50-56(83-55)52-42(24-46(80-52)54-44(74-2)26-48(82-54)68-40(29-65)30-66)62(50,59(71)77-33-37-19-11-5-12-20-37)60(72)78-34-38-21-13-6-14-22-38/h3-26H,31-34H2,1-2H3. The summed E-state index contributed by atoms with van der Waals surface area (Å²) in [5, 5.41) is 39.0. The molecule has 0 aliphatic heterocycles. The summed E-state index contributed by atoms with van der Waals surface area (Å²) in [7, 11) is 2.89. The Balaban J connectivity index is 1.22. The van der Waals surface area contributed by atoms with Gasteiger partial charge in [-0.2, -0.15) is 21.0 Å². The molecule has 0 spiro atoms. The average Bonchev–Trinajstić information content (AvgIpc) is 1.81. The molecule has 4 aromatic carbocycles. The minimum absolute atomic E-state index is 0.0401. The summed E-state index contributed by atoms with van der Waals surface area (Å²) in [6.45, 7) is -1.22. The minimum atomic E-state index is -2.59. The largest absolute Gasteiger partial charge is 0.495 e. The minimum Gasteiger partial charge on any atom is -0.495 e. The van der Waals surface area contributed by atoms with Crippen LogP contribution in [0.1, 0.15) is 44.5 Å². The second-order valence-electron chi connectivity index (χ2n) is 18.3. The first-order valence-electron chi connectivity index (χ1n) is 25.0. The predicted octanol–water partition coefficient (Wildman–Crippen LogP) is 13.1. The Morgan fingerprint density at radius 2 is 0.711 bits per heavy atom. The van der Waals surface area contributed by atoms with E-state index < -0.39 is 46.1 Å². The van der Waals surface area contributed by atoms with Gasteiger partial charge in [0.05, 0.1) is 43.5 Å². The molecule has 2 aliphatic rings. The number of fused-ring (bicyclic) bond motifs is 7. The van der Waals surface area contributed by atoms with Crippen LogP contribution in [0.5, 0.6) is 11.5 Å². The van der Waals surface area contributed by atoms with Crippen LogP contribution >= 0.6 is 56.7 Å². The number of rotatable bonds is 18. The molecule has 0 bridgehead atoms. The van der Waals surface area contributed by atoms with Crippen LogP contribution in [0.4, 0.5) is 10.0 Å². The van der Waals surface area contributed by atoms with Gasteiger partial charge in [0.2, 0.25) is 22.3 Å². The van der Waals surface area contributed by atoms with Gasteiger partial charge >= 0.3 is 23.9 Å². The molecule has 16 nitrogen and oxygen atoms in total. The topological polar surface area (TPSA) is 244 Å². The monoisotopic (exact) mass is 1190 g/mol. The van der Waals surface area contributed by atoms with Crippen LogP contribution in [0.15, 0.2) is 156 Å². The highest BCUT2D eigenvalue weighted by molar-refractivity contribution is 7.31. The molecule has 0 amide bonds. The van der Waals surface area contributed by atoms with E-state index in [0.29, 0.717) is 72.8 Å². The van der Waals surface area contributed by atoms with E-state index in [1.807, 2.05) is 0 Å². The number of nitriles is 4. The number of carbonyl (C=O) groups excluding carboxylic acids is 4. The first-order valence-corrected chi connectivity index (χ1v) is 29.0. The maximum absolute atomic E-state index is 16.2. The van der Waals surface area contributed by atoms with E-state index in [-0.39, 0.29) is 58.7 Å². The van der Waals surface area contributed by atoms with Gasteiger partial charge < -0.3 is 28.4 Å². The lowest BCUT2D eigenvalue weighted by Crippen LogP contribution is -2.50. The highest BCUT2D eigenvalue weighted by atomic mass is 32.1. The van der Waals surface area contributed by atoms with Gasteiger partial charge in [-0.1, -0.05) is 121 Å². The van der Waals surface area contributed by atoms with Gasteiger partial charge in [0.1, 0.15) is 72.2 Å². The number of thiophene rings is 5. The predicted molar refractivity (Wildman–Crippen MR) is 314 cm³/mol. The van der Waals surface area contributed by atoms with Crippen LogP contribution in [-0.2, 0) is 75.4 Å². The van der Waals surface area contributed by atoms with Crippen LogP contribution in [0.3, 0.4) is 0 Å². The van der Waals surface area contributed by atoms with Crippen molar-refractivity contribution < 1.29 is 47.6 Å². The fraction of sp³-hybridized carbons (Fsp3) is 0.129. The maximum atomic E-state index is 16.2. The number of nitrogens with zero attached hydrogens (tertiary/aromatic N) is 6. The molecule has 0 atom stereocenters. The molecule has 83 heavy (non-hydrogen) atoms. The summed E-state index contributed by atoms with van der Waals surface area (Å²) in [5.41, 5.74) is -3.43. The second kappa shape index (κ2) is 23.3. The first-order chi connectivity index (χ1) is 40.5. The number of hydrogen-bond donors (Lipinski definition) is 0. The zero-order chi connectivity index (χ0) is 57.8. The van der Waals surface area contributed by atoms with Crippen LogP contribution in [0, 0.1) is 45.3 Å². The normalized spacial score (nSPS) is 12.5. The third-order valence-corrected chi connectivity index (χ3v) is 19.7. The lowest BCUT2D eigenvalue weighted by atomic mass is 9.70. The SMILES string of the molecule is COc1cc(N=C(C#N)C#N)sc1-c1cc2c(s1)-c1sc3c(c1C2(C(=O)OCc1ccccc1)C(=O)OCc1ccccc1)C(C(=O)OCc1ccccc1)(C(=O)OCc1ccccc1)c1cc(-c2sc(N=C(C#N)C#N)cc2OC)sc1-3. The van der Waals surface area contributed by atoms with Gasteiger partial charge in [-0.25, -0.2) is 9.98 Å². The summed E-state index contributed by atoms with van der Waals surface area (Å²) < 4.78 is 37.1. The fourth-order valence-electron chi connectivity index (χ4n) is 9.83. The van der Waals surface area contributed by atoms with E-state index >= 15 is 19.2 Å². The van der Waals surface area contributed by atoms with E-state index in [1.165, 1.54) is 36.9 Å². The van der Waals surface area contributed by atoms with Crippen molar-refractivity contribution in [3.8, 4) is 74.8 Å². The lowest BCUT2D eigenvalue weighted by Gasteiger charge is -2.32. The highest BCUT2D eigenvalue weighted by Crippen LogP contribution is 2.69. The van der Waals surface area contributed by atoms with Crippen molar-refractivity contribution in [3.63, 3.8) is 0 Å². The number of hydrogen-bond acceptors (Lipinski definition) is 21. The molecule has 0 radical (unpaired) electrons.